The highest BCUT2D eigenvalue weighted by Crippen LogP contribution is 2.21. The quantitative estimate of drug-likeness (QED) is 0.683. The van der Waals surface area contributed by atoms with Crippen molar-refractivity contribution in [1.29, 1.82) is 0 Å². The van der Waals surface area contributed by atoms with E-state index in [1.165, 1.54) is 25.9 Å². The average Bonchev–Trinajstić information content (AvgIpc) is 2.44. The smallest absolute Gasteiger partial charge is 0.323 e. The van der Waals surface area contributed by atoms with E-state index >= 15 is 0 Å². The number of carboxylic acids is 1. The van der Waals surface area contributed by atoms with Crippen LogP contribution in [0.5, 0.6) is 0 Å². The Morgan fingerprint density at radius 2 is 2.00 bits per heavy atom. The van der Waals surface area contributed by atoms with E-state index in [4.69, 9.17) is 0 Å². The average molecular weight is 284 g/mol. The summed E-state index contributed by atoms with van der Waals surface area (Å²) in [5.74, 6) is 0.159. The number of hydrogen-bond donors (Lipinski definition) is 2. The number of aliphatic carboxylic acids is 1. The van der Waals surface area contributed by atoms with Crippen molar-refractivity contribution in [2.45, 2.75) is 64.8 Å². The van der Waals surface area contributed by atoms with Crippen LogP contribution in [-0.2, 0) is 4.79 Å². The normalized spacial score (nSPS) is 20.8. The van der Waals surface area contributed by atoms with Gasteiger partial charge in [0, 0.05) is 0 Å². The van der Waals surface area contributed by atoms with Crippen LogP contribution in [-0.4, -0.2) is 47.7 Å². The Kier molecular flexibility index (Phi) is 7.52. The molecule has 0 radical (unpaired) electrons. The van der Waals surface area contributed by atoms with E-state index in [0.717, 1.165) is 38.3 Å². The van der Waals surface area contributed by atoms with Gasteiger partial charge in [-0.3, -0.25) is 4.79 Å². The number of piperidine rings is 1. The SMILES string of the molecule is CCCNC(CC)(CCCN1CCC(C)CC1)C(=O)O. The minimum Gasteiger partial charge on any atom is -0.480 e. The summed E-state index contributed by atoms with van der Waals surface area (Å²) in [5.41, 5.74) is -0.723. The van der Waals surface area contributed by atoms with E-state index in [0.29, 0.717) is 6.42 Å². The largest absolute Gasteiger partial charge is 0.480 e. The van der Waals surface area contributed by atoms with Crippen LogP contribution in [0.2, 0.25) is 0 Å². The molecule has 118 valence electrons. The number of nitrogens with zero attached hydrogens (tertiary/aromatic N) is 1. The Labute approximate surface area is 123 Å². The molecule has 1 saturated heterocycles. The molecule has 0 aliphatic carbocycles. The molecule has 0 aromatic carbocycles. The van der Waals surface area contributed by atoms with Gasteiger partial charge in [0.05, 0.1) is 0 Å². The van der Waals surface area contributed by atoms with Crippen LogP contribution in [0.1, 0.15) is 59.3 Å². The molecule has 1 unspecified atom stereocenters. The van der Waals surface area contributed by atoms with Crippen LogP contribution in [0, 0.1) is 5.92 Å². The molecule has 0 spiro atoms. The number of likely N-dealkylation sites (tertiary alicyclic amines) is 1. The first-order valence-corrected chi connectivity index (χ1v) is 8.25. The molecule has 0 bridgehead atoms. The van der Waals surface area contributed by atoms with Crippen LogP contribution in [0.4, 0.5) is 0 Å². The zero-order valence-electron chi connectivity index (χ0n) is 13.5. The molecule has 0 aromatic heterocycles. The Morgan fingerprint density at radius 1 is 1.35 bits per heavy atom. The summed E-state index contributed by atoms with van der Waals surface area (Å²) >= 11 is 0. The van der Waals surface area contributed by atoms with Gasteiger partial charge in [-0.1, -0.05) is 20.8 Å². The topological polar surface area (TPSA) is 52.6 Å². The standard InChI is InChI=1S/C16H32N2O2/c1-4-10-17-16(5-2,15(19)20)9-6-11-18-12-7-14(3)8-13-18/h14,17H,4-13H2,1-3H3,(H,19,20). The third kappa shape index (κ3) is 5.06. The van der Waals surface area contributed by atoms with E-state index < -0.39 is 11.5 Å². The fourth-order valence-electron chi connectivity index (χ4n) is 2.98. The van der Waals surface area contributed by atoms with Crippen LogP contribution >= 0.6 is 0 Å². The summed E-state index contributed by atoms with van der Waals surface area (Å²) in [5, 5.41) is 12.8. The van der Waals surface area contributed by atoms with Crippen molar-refractivity contribution in [3.8, 4) is 0 Å². The maximum Gasteiger partial charge on any atom is 0.323 e. The number of rotatable bonds is 9. The van der Waals surface area contributed by atoms with Crippen LogP contribution < -0.4 is 5.32 Å². The number of carbonyl (C=O) groups is 1. The van der Waals surface area contributed by atoms with Gasteiger partial charge >= 0.3 is 5.97 Å². The summed E-state index contributed by atoms with van der Waals surface area (Å²) in [6.07, 6.45) is 5.88. The predicted octanol–water partition coefficient (Wildman–Crippen LogP) is 2.73. The zero-order valence-corrected chi connectivity index (χ0v) is 13.5. The molecule has 0 saturated carbocycles. The molecule has 20 heavy (non-hydrogen) atoms. The second-order valence-electron chi connectivity index (χ2n) is 6.30. The third-order valence-electron chi connectivity index (χ3n) is 4.68. The molecule has 2 N–H and O–H groups in total. The number of hydrogen-bond acceptors (Lipinski definition) is 3. The molecule has 1 atom stereocenters. The number of carboxylic acid groups (broad SMARTS) is 1. The summed E-state index contributed by atoms with van der Waals surface area (Å²) in [6.45, 7) is 10.5. The summed E-state index contributed by atoms with van der Waals surface area (Å²) in [6, 6.07) is 0. The van der Waals surface area contributed by atoms with Crippen LogP contribution in [0.3, 0.4) is 0 Å². The predicted molar refractivity (Wildman–Crippen MR) is 83.0 cm³/mol. The van der Waals surface area contributed by atoms with Gasteiger partial charge < -0.3 is 15.3 Å². The highest BCUT2D eigenvalue weighted by molar-refractivity contribution is 5.78. The van der Waals surface area contributed by atoms with E-state index in [1.54, 1.807) is 0 Å². The van der Waals surface area contributed by atoms with Gasteiger partial charge in [-0.15, -0.1) is 0 Å². The van der Waals surface area contributed by atoms with Gasteiger partial charge in [-0.2, -0.15) is 0 Å². The summed E-state index contributed by atoms with van der Waals surface area (Å²) in [7, 11) is 0. The highest BCUT2D eigenvalue weighted by atomic mass is 16.4. The molecule has 0 amide bonds. The maximum atomic E-state index is 11.6. The molecule has 1 heterocycles. The molecule has 1 fully saturated rings. The zero-order chi connectivity index (χ0) is 15.0. The fourth-order valence-corrected chi connectivity index (χ4v) is 2.98. The van der Waals surface area contributed by atoms with Gasteiger partial charge in [-0.25, -0.2) is 0 Å². The van der Waals surface area contributed by atoms with Crippen molar-refractivity contribution in [2.75, 3.05) is 26.2 Å². The second kappa shape index (κ2) is 8.63. The minimum atomic E-state index is -0.723. The van der Waals surface area contributed by atoms with Crippen LogP contribution in [0.25, 0.3) is 0 Å². The minimum absolute atomic E-state index is 0.652. The molecule has 4 nitrogen and oxygen atoms in total. The van der Waals surface area contributed by atoms with Crippen molar-refractivity contribution in [3.63, 3.8) is 0 Å². The summed E-state index contributed by atoms with van der Waals surface area (Å²) in [4.78, 5) is 14.1. The Morgan fingerprint density at radius 3 is 2.50 bits per heavy atom. The van der Waals surface area contributed by atoms with E-state index in [1.807, 2.05) is 6.92 Å². The van der Waals surface area contributed by atoms with Crippen molar-refractivity contribution in [1.82, 2.24) is 10.2 Å². The van der Waals surface area contributed by atoms with Crippen molar-refractivity contribution in [3.05, 3.63) is 0 Å². The maximum absolute atomic E-state index is 11.6. The molecule has 1 aliphatic heterocycles. The highest BCUT2D eigenvalue weighted by Gasteiger charge is 2.35. The first-order chi connectivity index (χ1) is 9.54. The number of nitrogens with one attached hydrogen (secondary N) is 1. The van der Waals surface area contributed by atoms with Gasteiger partial charge in [0.15, 0.2) is 0 Å². The lowest BCUT2D eigenvalue weighted by Crippen LogP contribution is -2.52. The van der Waals surface area contributed by atoms with Crippen molar-refractivity contribution >= 4 is 5.97 Å². The molecular formula is C16H32N2O2. The monoisotopic (exact) mass is 284 g/mol. The molecule has 0 aromatic rings. The molecule has 1 aliphatic rings. The van der Waals surface area contributed by atoms with Crippen molar-refractivity contribution < 1.29 is 9.90 Å². The Balaban J connectivity index is 2.39. The van der Waals surface area contributed by atoms with Crippen LogP contribution in [0.15, 0.2) is 0 Å². The summed E-state index contributed by atoms with van der Waals surface area (Å²) < 4.78 is 0. The molecule has 1 rings (SSSR count). The molecular weight excluding hydrogens is 252 g/mol. The lowest BCUT2D eigenvalue weighted by atomic mass is 9.89. The van der Waals surface area contributed by atoms with Gasteiger partial charge in [0.25, 0.3) is 0 Å². The van der Waals surface area contributed by atoms with Gasteiger partial charge in [0.1, 0.15) is 5.54 Å². The first-order valence-electron chi connectivity index (χ1n) is 8.25. The van der Waals surface area contributed by atoms with E-state index in [2.05, 4.69) is 24.1 Å². The lowest BCUT2D eigenvalue weighted by molar-refractivity contribution is -0.145. The van der Waals surface area contributed by atoms with E-state index in [-0.39, 0.29) is 0 Å². The lowest BCUT2D eigenvalue weighted by Gasteiger charge is -2.33. The fraction of sp³-hybridized carbons (Fsp3) is 0.938. The molecule has 4 heteroatoms. The third-order valence-corrected chi connectivity index (χ3v) is 4.68. The Bertz CT molecular complexity index is 288. The van der Waals surface area contributed by atoms with Gasteiger partial charge in [0.2, 0.25) is 0 Å². The van der Waals surface area contributed by atoms with E-state index in [9.17, 15) is 9.90 Å². The van der Waals surface area contributed by atoms with Crippen molar-refractivity contribution in [2.24, 2.45) is 5.92 Å². The van der Waals surface area contributed by atoms with Gasteiger partial charge in [-0.05, 0) is 70.6 Å². The Hall–Kier alpha value is -0.610. The first kappa shape index (κ1) is 17.4. The second-order valence-corrected chi connectivity index (χ2v) is 6.30.